The molecule has 0 fully saturated rings. The number of aliphatic hydroxyl groups is 1. The van der Waals surface area contributed by atoms with Crippen molar-refractivity contribution in [3.05, 3.63) is 65.9 Å². The number of para-hydroxylation sites is 1. The summed E-state index contributed by atoms with van der Waals surface area (Å²) in [6.45, 7) is 12.5. The zero-order valence-electron chi connectivity index (χ0n) is 21.8. The van der Waals surface area contributed by atoms with Crippen molar-refractivity contribution < 1.29 is 19.3 Å². The molecule has 2 aromatic carbocycles. The van der Waals surface area contributed by atoms with Gasteiger partial charge in [-0.05, 0) is 63.1 Å². The Morgan fingerprint density at radius 2 is 1.60 bits per heavy atom. The maximum atomic E-state index is 10.6. The smallest absolute Gasteiger partial charge is 0.227 e. The Hall–Kier alpha value is -2.87. The standard InChI is InChI=1S/C28H39N3O4/c1-20(2)18-34-19-24(32)16-30(21(3)4)17-27-22(5)29-31(23-10-8-7-9-11-23)28(27)35-26-14-12-25(33-6)13-15-26/h7-15,20-21,24,32H,16-19H2,1-6H3. The lowest BCUT2D eigenvalue weighted by molar-refractivity contribution is 0.00161. The Morgan fingerprint density at radius 3 is 2.20 bits per heavy atom. The Bertz CT molecular complexity index is 1030. The van der Waals surface area contributed by atoms with Crippen molar-refractivity contribution >= 4 is 0 Å². The van der Waals surface area contributed by atoms with Gasteiger partial charge >= 0.3 is 0 Å². The van der Waals surface area contributed by atoms with E-state index in [2.05, 4.69) is 32.6 Å². The van der Waals surface area contributed by atoms with Crippen LogP contribution < -0.4 is 9.47 Å². The number of nitrogens with zero attached hydrogens (tertiary/aromatic N) is 3. The minimum Gasteiger partial charge on any atom is -0.497 e. The van der Waals surface area contributed by atoms with Gasteiger partial charge in [0.1, 0.15) is 11.5 Å². The fraction of sp³-hybridized carbons (Fsp3) is 0.464. The van der Waals surface area contributed by atoms with Crippen molar-refractivity contribution in [2.45, 2.75) is 53.3 Å². The fourth-order valence-electron chi connectivity index (χ4n) is 3.75. The van der Waals surface area contributed by atoms with Gasteiger partial charge in [-0.3, -0.25) is 4.90 Å². The summed E-state index contributed by atoms with van der Waals surface area (Å²) >= 11 is 0. The number of hydrogen-bond donors (Lipinski definition) is 1. The number of methoxy groups -OCH3 is 1. The zero-order chi connectivity index (χ0) is 25.4. The van der Waals surface area contributed by atoms with Crippen LogP contribution in [0, 0.1) is 12.8 Å². The van der Waals surface area contributed by atoms with E-state index in [9.17, 15) is 5.11 Å². The van der Waals surface area contributed by atoms with Gasteiger partial charge < -0.3 is 19.3 Å². The van der Waals surface area contributed by atoms with Gasteiger partial charge in [0.25, 0.3) is 0 Å². The molecular weight excluding hydrogens is 442 g/mol. The van der Waals surface area contributed by atoms with Gasteiger partial charge in [-0.1, -0.05) is 32.0 Å². The first kappa shape index (κ1) is 26.7. The van der Waals surface area contributed by atoms with Crippen LogP contribution in [0.3, 0.4) is 0 Å². The SMILES string of the molecule is COc1ccc(Oc2c(CN(CC(O)COCC(C)C)C(C)C)c(C)nn2-c2ccccc2)cc1. The summed E-state index contributed by atoms with van der Waals surface area (Å²) in [7, 11) is 1.64. The molecule has 35 heavy (non-hydrogen) atoms. The number of aromatic nitrogens is 2. The van der Waals surface area contributed by atoms with Gasteiger partial charge in [0, 0.05) is 25.7 Å². The van der Waals surface area contributed by atoms with Crippen molar-refractivity contribution in [3.8, 4) is 23.1 Å². The molecule has 1 N–H and O–H groups in total. The Balaban J connectivity index is 1.89. The summed E-state index contributed by atoms with van der Waals surface area (Å²) in [6.07, 6.45) is -0.577. The third-order valence-corrected chi connectivity index (χ3v) is 5.71. The molecule has 0 aliphatic heterocycles. The number of hydrogen-bond acceptors (Lipinski definition) is 6. The van der Waals surface area contributed by atoms with Gasteiger partial charge in [0.05, 0.1) is 36.8 Å². The van der Waals surface area contributed by atoms with Gasteiger partial charge in [-0.15, -0.1) is 0 Å². The number of benzene rings is 2. The molecule has 0 saturated heterocycles. The molecule has 0 spiro atoms. The van der Waals surface area contributed by atoms with Crippen LogP contribution in [0.2, 0.25) is 0 Å². The maximum absolute atomic E-state index is 10.6. The summed E-state index contributed by atoms with van der Waals surface area (Å²) < 4.78 is 19.2. The quantitative estimate of drug-likeness (QED) is 0.361. The van der Waals surface area contributed by atoms with E-state index in [0.29, 0.717) is 43.9 Å². The van der Waals surface area contributed by atoms with Gasteiger partial charge in [0.2, 0.25) is 5.88 Å². The van der Waals surface area contributed by atoms with Crippen molar-refractivity contribution in [2.24, 2.45) is 5.92 Å². The largest absolute Gasteiger partial charge is 0.497 e. The molecule has 0 bridgehead atoms. The second kappa shape index (κ2) is 12.7. The zero-order valence-corrected chi connectivity index (χ0v) is 21.8. The number of aliphatic hydroxyl groups excluding tert-OH is 1. The lowest BCUT2D eigenvalue weighted by Crippen LogP contribution is -2.39. The highest BCUT2D eigenvalue weighted by Crippen LogP contribution is 2.32. The van der Waals surface area contributed by atoms with Gasteiger partial charge in [0.15, 0.2) is 0 Å². The average molecular weight is 482 g/mol. The van der Waals surface area contributed by atoms with Crippen LogP contribution in [-0.2, 0) is 11.3 Å². The van der Waals surface area contributed by atoms with Gasteiger partial charge in [-0.2, -0.15) is 5.10 Å². The first-order valence-corrected chi connectivity index (χ1v) is 12.2. The van der Waals surface area contributed by atoms with Crippen LogP contribution in [-0.4, -0.2) is 58.8 Å². The monoisotopic (exact) mass is 481 g/mol. The minimum absolute atomic E-state index is 0.211. The third kappa shape index (κ3) is 7.56. The molecule has 1 unspecified atom stereocenters. The van der Waals surface area contributed by atoms with Gasteiger partial charge in [-0.25, -0.2) is 4.68 Å². The summed E-state index contributed by atoms with van der Waals surface area (Å²) in [5, 5.41) is 15.5. The molecule has 7 nitrogen and oxygen atoms in total. The second-order valence-corrected chi connectivity index (χ2v) is 9.50. The normalized spacial score (nSPS) is 12.5. The van der Waals surface area contributed by atoms with Crippen LogP contribution in [0.15, 0.2) is 54.6 Å². The fourth-order valence-corrected chi connectivity index (χ4v) is 3.75. The third-order valence-electron chi connectivity index (χ3n) is 5.71. The molecule has 190 valence electrons. The Labute approximate surface area is 209 Å². The topological polar surface area (TPSA) is 69.0 Å². The van der Waals surface area contributed by atoms with Crippen molar-refractivity contribution in [2.75, 3.05) is 26.9 Å². The molecule has 1 heterocycles. The first-order valence-electron chi connectivity index (χ1n) is 12.2. The average Bonchev–Trinajstić information content (AvgIpc) is 3.14. The predicted molar refractivity (Wildman–Crippen MR) is 139 cm³/mol. The van der Waals surface area contributed by atoms with E-state index in [-0.39, 0.29) is 6.04 Å². The summed E-state index contributed by atoms with van der Waals surface area (Å²) in [4.78, 5) is 2.23. The van der Waals surface area contributed by atoms with E-state index >= 15 is 0 Å². The van der Waals surface area contributed by atoms with Crippen molar-refractivity contribution in [3.63, 3.8) is 0 Å². The lowest BCUT2D eigenvalue weighted by Gasteiger charge is -2.29. The van der Waals surface area contributed by atoms with Crippen LogP contribution in [0.4, 0.5) is 0 Å². The molecule has 3 aromatic rings. The Kier molecular flexibility index (Phi) is 9.72. The van der Waals surface area contributed by atoms with E-state index < -0.39 is 6.10 Å². The molecule has 1 atom stereocenters. The highest BCUT2D eigenvalue weighted by molar-refractivity contribution is 5.44. The maximum Gasteiger partial charge on any atom is 0.227 e. The molecule has 7 heteroatoms. The molecule has 1 aromatic heterocycles. The summed E-state index contributed by atoms with van der Waals surface area (Å²) in [5.74, 6) is 2.56. The van der Waals surface area contributed by atoms with E-state index in [1.54, 1.807) is 7.11 Å². The minimum atomic E-state index is -0.577. The number of aryl methyl sites for hydroxylation is 1. The molecule has 0 radical (unpaired) electrons. The van der Waals surface area contributed by atoms with Crippen LogP contribution >= 0.6 is 0 Å². The molecular formula is C28H39N3O4. The number of rotatable bonds is 13. The van der Waals surface area contributed by atoms with E-state index in [4.69, 9.17) is 19.3 Å². The summed E-state index contributed by atoms with van der Waals surface area (Å²) in [5.41, 5.74) is 2.78. The number of ether oxygens (including phenoxy) is 3. The summed E-state index contributed by atoms with van der Waals surface area (Å²) in [6, 6.07) is 17.7. The van der Waals surface area contributed by atoms with E-state index in [1.807, 2.05) is 66.2 Å². The van der Waals surface area contributed by atoms with Crippen LogP contribution in [0.1, 0.15) is 39.0 Å². The highest BCUT2D eigenvalue weighted by Gasteiger charge is 2.24. The highest BCUT2D eigenvalue weighted by atomic mass is 16.5. The van der Waals surface area contributed by atoms with E-state index in [1.165, 1.54) is 0 Å². The van der Waals surface area contributed by atoms with E-state index in [0.717, 1.165) is 22.7 Å². The van der Waals surface area contributed by atoms with Crippen LogP contribution in [0.5, 0.6) is 17.4 Å². The Morgan fingerprint density at radius 1 is 0.943 bits per heavy atom. The molecule has 3 rings (SSSR count). The molecule has 0 aliphatic rings. The molecule has 0 aliphatic carbocycles. The predicted octanol–water partition coefficient (Wildman–Crippen LogP) is 5.23. The van der Waals surface area contributed by atoms with Crippen LogP contribution in [0.25, 0.3) is 5.69 Å². The molecule has 0 saturated carbocycles. The van der Waals surface area contributed by atoms with Crippen molar-refractivity contribution in [1.29, 1.82) is 0 Å². The van der Waals surface area contributed by atoms with Crippen molar-refractivity contribution in [1.82, 2.24) is 14.7 Å². The second-order valence-electron chi connectivity index (χ2n) is 9.50. The lowest BCUT2D eigenvalue weighted by atomic mass is 10.2. The first-order chi connectivity index (χ1) is 16.8. The molecule has 0 amide bonds.